The van der Waals surface area contributed by atoms with Crippen LogP contribution in [0, 0.1) is 10.1 Å². The molecule has 4 nitrogen and oxygen atoms in total. The first-order chi connectivity index (χ1) is 9.45. The summed E-state index contributed by atoms with van der Waals surface area (Å²) < 4.78 is 27.1. The number of carbonyl (C=O) groups is 1. The number of benzene rings is 2. The topological polar surface area (TPSA) is 60.2 Å². The summed E-state index contributed by atoms with van der Waals surface area (Å²) in [5.41, 5.74) is -0.00976. The lowest BCUT2D eigenvalue weighted by molar-refractivity contribution is -0.384. The predicted octanol–water partition coefficient (Wildman–Crippen LogP) is 3.55. The van der Waals surface area contributed by atoms with Gasteiger partial charge in [0, 0.05) is 17.7 Å². The van der Waals surface area contributed by atoms with E-state index in [4.69, 9.17) is 0 Å². The lowest BCUT2D eigenvalue weighted by Gasteiger charge is -2.14. The lowest BCUT2D eigenvalue weighted by Crippen LogP contribution is -2.16. The van der Waals surface area contributed by atoms with Crippen molar-refractivity contribution >= 4 is 12.0 Å². The first-order valence-electron chi connectivity index (χ1n) is 5.64. The molecule has 0 saturated heterocycles. The molecule has 0 unspecified atom stereocenters. The van der Waals surface area contributed by atoms with Crippen LogP contribution in [-0.2, 0) is 10.7 Å². The Labute approximate surface area is 112 Å². The molecular formula is C14H9F2NO3. The summed E-state index contributed by atoms with van der Waals surface area (Å²) in [6, 6.07) is 10.8. The highest BCUT2D eigenvalue weighted by molar-refractivity contribution is 5.75. The fraction of sp³-hybridized carbons (Fsp3) is 0.0714. The van der Waals surface area contributed by atoms with Crippen LogP contribution in [0.1, 0.15) is 5.56 Å². The molecule has 2 aromatic carbocycles. The summed E-state index contributed by atoms with van der Waals surface area (Å²) in [5.74, 6) is -3.60. The number of non-ortho nitro benzene ring substituents is 1. The Hall–Kier alpha value is -2.63. The third-order valence-corrected chi connectivity index (χ3v) is 2.82. The minimum atomic E-state index is -3.60. The summed E-state index contributed by atoms with van der Waals surface area (Å²) >= 11 is 0. The summed E-state index contributed by atoms with van der Waals surface area (Å²) in [7, 11) is 0. The maximum absolute atomic E-state index is 13.6. The van der Waals surface area contributed by atoms with Crippen molar-refractivity contribution in [1.82, 2.24) is 0 Å². The van der Waals surface area contributed by atoms with Crippen LogP contribution in [-0.4, -0.2) is 11.2 Å². The van der Waals surface area contributed by atoms with Gasteiger partial charge < -0.3 is 0 Å². The molecule has 0 bridgehead atoms. The molecule has 0 saturated carbocycles. The highest BCUT2D eigenvalue weighted by Crippen LogP contribution is 2.34. The van der Waals surface area contributed by atoms with Crippen LogP contribution in [0.2, 0.25) is 0 Å². The maximum Gasteiger partial charge on any atom is 0.328 e. The third-order valence-electron chi connectivity index (χ3n) is 2.82. The van der Waals surface area contributed by atoms with Gasteiger partial charge in [-0.3, -0.25) is 14.9 Å². The van der Waals surface area contributed by atoms with E-state index in [9.17, 15) is 23.7 Å². The Morgan fingerprint density at radius 1 is 1.05 bits per heavy atom. The molecule has 2 aromatic rings. The minimum Gasteiger partial charge on any atom is -0.296 e. The molecule has 20 heavy (non-hydrogen) atoms. The average Bonchev–Trinajstić information content (AvgIpc) is 2.47. The van der Waals surface area contributed by atoms with Gasteiger partial charge in [-0.1, -0.05) is 24.3 Å². The highest BCUT2D eigenvalue weighted by Gasteiger charge is 2.33. The molecular weight excluding hydrogens is 268 g/mol. The fourth-order valence-electron chi connectivity index (χ4n) is 1.85. The average molecular weight is 277 g/mol. The number of nitro groups is 1. The standard InChI is InChI=1S/C14H9F2NO3/c15-14(16,9-18)13-4-2-1-3-12(13)10-5-7-11(8-6-10)17(19)20/h1-9H. The smallest absolute Gasteiger partial charge is 0.296 e. The van der Waals surface area contributed by atoms with Crippen LogP contribution in [0.25, 0.3) is 11.1 Å². The molecule has 0 amide bonds. The van der Waals surface area contributed by atoms with Crippen LogP contribution < -0.4 is 0 Å². The predicted molar refractivity (Wildman–Crippen MR) is 68.5 cm³/mol. The quantitative estimate of drug-likeness (QED) is 0.487. The van der Waals surface area contributed by atoms with E-state index in [0.29, 0.717) is 5.56 Å². The van der Waals surface area contributed by atoms with E-state index in [1.165, 1.54) is 36.4 Å². The van der Waals surface area contributed by atoms with Gasteiger partial charge in [0.15, 0.2) is 6.29 Å². The number of rotatable bonds is 4. The normalized spacial score (nSPS) is 11.1. The summed E-state index contributed by atoms with van der Waals surface area (Å²) in [6.45, 7) is 0. The second-order valence-electron chi connectivity index (χ2n) is 4.09. The van der Waals surface area contributed by atoms with Crippen LogP contribution in [0.5, 0.6) is 0 Å². The number of nitrogens with zero attached hydrogens (tertiary/aromatic N) is 1. The van der Waals surface area contributed by atoms with Crippen molar-refractivity contribution in [3.05, 3.63) is 64.2 Å². The van der Waals surface area contributed by atoms with E-state index in [1.54, 1.807) is 6.07 Å². The molecule has 0 N–H and O–H groups in total. The van der Waals surface area contributed by atoms with Crippen molar-refractivity contribution in [3.63, 3.8) is 0 Å². The molecule has 0 aliphatic carbocycles. The first-order valence-corrected chi connectivity index (χ1v) is 5.64. The monoisotopic (exact) mass is 277 g/mol. The Balaban J connectivity index is 2.53. The van der Waals surface area contributed by atoms with Gasteiger partial charge in [-0.25, -0.2) is 0 Å². The van der Waals surface area contributed by atoms with Crippen molar-refractivity contribution in [2.45, 2.75) is 5.92 Å². The van der Waals surface area contributed by atoms with Crippen LogP contribution >= 0.6 is 0 Å². The lowest BCUT2D eigenvalue weighted by atomic mass is 9.96. The summed E-state index contributed by atoms with van der Waals surface area (Å²) in [5, 5.41) is 10.6. The third kappa shape index (κ3) is 2.54. The number of hydrogen-bond acceptors (Lipinski definition) is 3. The summed E-state index contributed by atoms with van der Waals surface area (Å²) in [6.07, 6.45) is -0.419. The van der Waals surface area contributed by atoms with E-state index in [0.717, 1.165) is 6.07 Å². The van der Waals surface area contributed by atoms with E-state index in [-0.39, 0.29) is 11.3 Å². The second-order valence-corrected chi connectivity index (χ2v) is 4.09. The van der Waals surface area contributed by atoms with E-state index in [1.807, 2.05) is 0 Å². The molecule has 0 aromatic heterocycles. The Kier molecular flexibility index (Phi) is 3.56. The highest BCUT2D eigenvalue weighted by atomic mass is 19.3. The zero-order chi connectivity index (χ0) is 14.8. The zero-order valence-corrected chi connectivity index (χ0v) is 10.1. The van der Waals surface area contributed by atoms with Gasteiger partial charge >= 0.3 is 5.92 Å². The number of alkyl halides is 2. The molecule has 0 aliphatic heterocycles. The Bertz CT molecular complexity index is 654. The molecule has 0 spiro atoms. The van der Waals surface area contributed by atoms with Gasteiger partial charge in [-0.2, -0.15) is 8.78 Å². The van der Waals surface area contributed by atoms with Gasteiger partial charge in [0.05, 0.1) is 4.92 Å². The molecule has 0 aliphatic rings. The van der Waals surface area contributed by atoms with Crippen LogP contribution in [0.15, 0.2) is 48.5 Å². The number of hydrogen-bond donors (Lipinski definition) is 0. The van der Waals surface area contributed by atoms with Crippen molar-refractivity contribution in [3.8, 4) is 11.1 Å². The van der Waals surface area contributed by atoms with Crippen molar-refractivity contribution in [1.29, 1.82) is 0 Å². The number of nitro benzene ring substituents is 1. The fourth-order valence-corrected chi connectivity index (χ4v) is 1.85. The second kappa shape index (κ2) is 5.16. The molecule has 102 valence electrons. The maximum atomic E-state index is 13.6. The van der Waals surface area contributed by atoms with Gasteiger partial charge in [-0.05, 0) is 23.3 Å². The number of aldehydes is 1. The molecule has 0 heterocycles. The van der Waals surface area contributed by atoms with E-state index in [2.05, 4.69) is 0 Å². The first kappa shape index (κ1) is 13.8. The molecule has 0 fully saturated rings. The Morgan fingerprint density at radius 2 is 1.65 bits per heavy atom. The minimum absolute atomic E-state index is 0.131. The van der Waals surface area contributed by atoms with Gasteiger partial charge in [0.25, 0.3) is 5.69 Å². The van der Waals surface area contributed by atoms with E-state index < -0.39 is 22.7 Å². The molecule has 0 radical (unpaired) electrons. The SMILES string of the molecule is O=CC(F)(F)c1ccccc1-c1ccc([N+](=O)[O-])cc1. The number of carbonyl (C=O) groups excluding carboxylic acids is 1. The molecule has 0 atom stereocenters. The van der Waals surface area contributed by atoms with Crippen LogP contribution in [0.4, 0.5) is 14.5 Å². The summed E-state index contributed by atoms with van der Waals surface area (Å²) in [4.78, 5) is 20.5. The van der Waals surface area contributed by atoms with Crippen molar-refractivity contribution < 1.29 is 18.5 Å². The largest absolute Gasteiger partial charge is 0.328 e. The van der Waals surface area contributed by atoms with Gasteiger partial charge in [0.1, 0.15) is 0 Å². The van der Waals surface area contributed by atoms with Gasteiger partial charge in [-0.15, -0.1) is 0 Å². The van der Waals surface area contributed by atoms with Crippen molar-refractivity contribution in [2.24, 2.45) is 0 Å². The number of halogens is 2. The van der Waals surface area contributed by atoms with Crippen molar-refractivity contribution in [2.75, 3.05) is 0 Å². The molecule has 2 rings (SSSR count). The zero-order valence-electron chi connectivity index (χ0n) is 10.1. The molecule has 6 heteroatoms. The van der Waals surface area contributed by atoms with Crippen LogP contribution in [0.3, 0.4) is 0 Å². The Morgan fingerprint density at radius 3 is 2.20 bits per heavy atom. The van der Waals surface area contributed by atoms with Gasteiger partial charge in [0.2, 0.25) is 0 Å². The van der Waals surface area contributed by atoms with E-state index >= 15 is 0 Å².